The summed E-state index contributed by atoms with van der Waals surface area (Å²) in [7, 11) is 0. The van der Waals surface area contributed by atoms with Crippen LogP contribution in [0.25, 0.3) is 0 Å². The zero-order valence-corrected chi connectivity index (χ0v) is 23.5. The Kier molecular flexibility index (Phi) is 10.5. The Balaban J connectivity index is 1.55. The first-order valence-electron chi connectivity index (χ1n) is 13.9. The number of hydrogen-bond acceptors (Lipinski definition) is 3. The van der Waals surface area contributed by atoms with E-state index in [1.165, 1.54) is 17.5 Å². The molecule has 1 atom stereocenters. The molecule has 3 aromatic rings. The number of rotatable bonds is 11. The number of nitrogens with zero attached hydrogens (tertiary/aromatic N) is 1. The molecule has 0 saturated heterocycles. The van der Waals surface area contributed by atoms with Gasteiger partial charge in [0, 0.05) is 36.1 Å². The topological polar surface area (TPSA) is 49.4 Å². The second-order valence-corrected chi connectivity index (χ2v) is 11.6. The summed E-state index contributed by atoms with van der Waals surface area (Å²) in [6, 6.07) is 26.4. The van der Waals surface area contributed by atoms with E-state index in [0.29, 0.717) is 25.1 Å². The zero-order chi connectivity index (χ0) is 26.7. The normalized spacial score (nSPS) is 14.6. The molecule has 1 aliphatic rings. The van der Waals surface area contributed by atoms with Gasteiger partial charge in [0.15, 0.2) is 0 Å². The van der Waals surface area contributed by atoms with Crippen LogP contribution < -0.4 is 5.32 Å². The highest BCUT2D eigenvalue weighted by atomic mass is 32.2. The molecule has 2 amide bonds. The van der Waals surface area contributed by atoms with Crippen molar-refractivity contribution in [3.8, 4) is 0 Å². The Hall–Kier alpha value is -3.05. The molecule has 0 heterocycles. The van der Waals surface area contributed by atoms with Crippen molar-refractivity contribution in [1.82, 2.24) is 10.2 Å². The number of carbonyl (C=O) groups excluding carboxylic acids is 2. The summed E-state index contributed by atoms with van der Waals surface area (Å²) < 4.78 is 0. The van der Waals surface area contributed by atoms with Crippen molar-refractivity contribution in [3.05, 3.63) is 101 Å². The first-order chi connectivity index (χ1) is 18.5. The second-order valence-electron chi connectivity index (χ2n) is 10.5. The molecule has 200 valence electrons. The largest absolute Gasteiger partial charge is 0.352 e. The number of nitrogens with one attached hydrogen (secondary N) is 1. The maximum Gasteiger partial charge on any atom is 0.243 e. The van der Waals surface area contributed by atoms with Crippen LogP contribution >= 0.6 is 11.8 Å². The lowest BCUT2D eigenvalue weighted by molar-refractivity contribution is -0.141. The molecule has 1 fully saturated rings. The van der Waals surface area contributed by atoms with Gasteiger partial charge < -0.3 is 10.2 Å². The summed E-state index contributed by atoms with van der Waals surface area (Å²) in [6.45, 7) is 4.56. The van der Waals surface area contributed by atoms with Crippen LogP contribution in [0.4, 0.5) is 0 Å². The minimum Gasteiger partial charge on any atom is -0.352 e. The summed E-state index contributed by atoms with van der Waals surface area (Å²) in [5.74, 6) is 0.659. The first-order valence-corrected chi connectivity index (χ1v) is 14.9. The molecule has 1 saturated carbocycles. The third-order valence-electron chi connectivity index (χ3n) is 7.30. The molecular formula is C33H40N2O2S. The van der Waals surface area contributed by atoms with E-state index in [4.69, 9.17) is 0 Å². The highest BCUT2D eigenvalue weighted by molar-refractivity contribution is 7.99. The van der Waals surface area contributed by atoms with E-state index in [9.17, 15) is 9.59 Å². The van der Waals surface area contributed by atoms with Gasteiger partial charge in [-0.15, -0.1) is 11.8 Å². The summed E-state index contributed by atoms with van der Waals surface area (Å²) >= 11 is 1.69. The fourth-order valence-corrected chi connectivity index (χ4v) is 5.86. The van der Waals surface area contributed by atoms with Crippen molar-refractivity contribution in [2.24, 2.45) is 0 Å². The van der Waals surface area contributed by atoms with E-state index >= 15 is 0 Å². The average Bonchev–Trinajstić information content (AvgIpc) is 2.94. The van der Waals surface area contributed by atoms with Gasteiger partial charge in [0.05, 0.1) is 0 Å². The molecular weight excluding hydrogens is 488 g/mol. The van der Waals surface area contributed by atoms with Crippen LogP contribution in [0.15, 0.2) is 83.8 Å². The molecule has 0 spiro atoms. The van der Waals surface area contributed by atoms with Crippen LogP contribution in [0.1, 0.15) is 60.8 Å². The van der Waals surface area contributed by atoms with Crippen LogP contribution in [0, 0.1) is 13.8 Å². The Morgan fingerprint density at radius 1 is 0.842 bits per heavy atom. The molecule has 1 unspecified atom stereocenters. The van der Waals surface area contributed by atoms with Crippen molar-refractivity contribution in [3.63, 3.8) is 0 Å². The summed E-state index contributed by atoms with van der Waals surface area (Å²) in [5, 5.41) is 3.32. The Morgan fingerprint density at radius 3 is 2.13 bits per heavy atom. The lowest BCUT2D eigenvalue weighted by Crippen LogP contribution is -2.52. The predicted molar refractivity (Wildman–Crippen MR) is 157 cm³/mol. The number of thioether (sulfide) groups is 1. The van der Waals surface area contributed by atoms with E-state index in [1.54, 1.807) is 11.8 Å². The van der Waals surface area contributed by atoms with Crippen molar-refractivity contribution < 1.29 is 9.59 Å². The summed E-state index contributed by atoms with van der Waals surface area (Å²) in [5.41, 5.74) is 4.50. The SMILES string of the molecule is Cc1ccc(CN(C(=O)CCSc2ccc(C)cc2)C(Cc2ccccc2)C(=O)NC2CCCCC2)cc1. The van der Waals surface area contributed by atoms with E-state index in [-0.39, 0.29) is 17.9 Å². The molecule has 1 N–H and O–H groups in total. The van der Waals surface area contributed by atoms with Gasteiger partial charge in [-0.2, -0.15) is 0 Å². The van der Waals surface area contributed by atoms with Crippen molar-refractivity contribution in [2.75, 3.05) is 5.75 Å². The molecule has 0 radical (unpaired) electrons. The average molecular weight is 529 g/mol. The summed E-state index contributed by atoms with van der Waals surface area (Å²) in [4.78, 5) is 30.6. The molecule has 38 heavy (non-hydrogen) atoms. The van der Waals surface area contributed by atoms with Gasteiger partial charge in [-0.25, -0.2) is 0 Å². The Labute approximate surface area is 232 Å². The van der Waals surface area contributed by atoms with Crippen LogP contribution in [0.5, 0.6) is 0 Å². The van der Waals surface area contributed by atoms with Crippen molar-refractivity contribution in [1.29, 1.82) is 0 Å². The van der Waals surface area contributed by atoms with Crippen molar-refractivity contribution in [2.45, 2.75) is 82.3 Å². The van der Waals surface area contributed by atoms with E-state index in [2.05, 4.69) is 67.7 Å². The summed E-state index contributed by atoms with van der Waals surface area (Å²) in [6.07, 6.45) is 6.45. The number of amides is 2. The number of hydrogen-bond donors (Lipinski definition) is 1. The molecule has 0 aliphatic heterocycles. The molecule has 4 rings (SSSR count). The second kappa shape index (κ2) is 14.2. The van der Waals surface area contributed by atoms with Gasteiger partial charge in [0.2, 0.25) is 11.8 Å². The minimum absolute atomic E-state index is 0.0184. The standard InChI is InChI=1S/C33H40N2O2S/c1-25-13-17-28(18-14-25)24-35(32(36)21-22-38-30-19-15-26(2)16-20-30)31(23-27-9-5-3-6-10-27)33(37)34-29-11-7-4-8-12-29/h3,5-6,9-10,13-20,29,31H,4,7-8,11-12,21-24H2,1-2H3,(H,34,37). The molecule has 1 aliphatic carbocycles. The van der Waals surface area contributed by atoms with E-state index in [1.807, 2.05) is 35.2 Å². The zero-order valence-electron chi connectivity index (χ0n) is 22.7. The van der Waals surface area contributed by atoms with Crippen LogP contribution in [-0.4, -0.2) is 34.6 Å². The van der Waals surface area contributed by atoms with Crippen LogP contribution in [0.3, 0.4) is 0 Å². The number of benzene rings is 3. The van der Waals surface area contributed by atoms with Gasteiger partial charge in [-0.05, 0) is 49.9 Å². The van der Waals surface area contributed by atoms with E-state index in [0.717, 1.165) is 41.7 Å². The smallest absolute Gasteiger partial charge is 0.243 e. The highest BCUT2D eigenvalue weighted by Gasteiger charge is 2.31. The number of carbonyl (C=O) groups is 2. The highest BCUT2D eigenvalue weighted by Crippen LogP contribution is 2.23. The molecule has 4 nitrogen and oxygen atoms in total. The third-order valence-corrected chi connectivity index (χ3v) is 8.32. The fraction of sp³-hybridized carbons (Fsp3) is 0.394. The maximum absolute atomic E-state index is 13.8. The van der Waals surface area contributed by atoms with E-state index < -0.39 is 6.04 Å². The van der Waals surface area contributed by atoms with Gasteiger partial charge in [0.1, 0.15) is 6.04 Å². The molecule has 0 aromatic heterocycles. The third kappa shape index (κ3) is 8.49. The van der Waals surface area contributed by atoms with Crippen molar-refractivity contribution >= 4 is 23.6 Å². The van der Waals surface area contributed by atoms with Crippen LogP contribution in [-0.2, 0) is 22.6 Å². The molecule has 0 bridgehead atoms. The first kappa shape index (κ1) is 28.0. The van der Waals surface area contributed by atoms with Gasteiger partial charge in [-0.1, -0.05) is 97.1 Å². The quantitative estimate of drug-likeness (QED) is 0.276. The predicted octanol–water partition coefficient (Wildman–Crippen LogP) is 6.87. The molecule has 5 heteroatoms. The minimum atomic E-state index is -0.558. The fourth-order valence-electron chi connectivity index (χ4n) is 5.02. The van der Waals surface area contributed by atoms with Crippen LogP contribution in [0.2, 0.25) is 0 Å². The maximum atomic E-state index is 13.8. The number of aryl methyl sites for hydroxylation is 2. The van der Waals surface area contributed by atoms with Gasteiger partial charge in [-0.3, -0.25) is 9.59 Å². The van der Waals surface area contributed by atoms with Gasteiger partial charge in [0.25, 0.3) is 0 Å². The lowest BCUT2D eigenvalue weighted by Gasteiger charge is -2.33. The lowest BCUT2D eigenvalue weighted by atomic mass is 9.94. The molecule has 3 aromatic carbocycles. The Morgan fingerprint density at radius 2 is 1.47 bits per heavy atom. The Bertz CT molecular complexity index is 1160. The van der Waals surface area contributed by atoms with Gasteiger partial charge >= 0.3 is 0 Å². The monoisotopic (exact) mass is 528 g/mol.